The van der Waals surface area contributed by atoms with Crippen molar-refractivity contribution >= 4 is 11.9 Å². The van der Waals surface area contributed by atoms with Gasteiger partial charge in [0.15, 0.2) is 0 Å². The summed E-state index contributed by atoms with van der Waals surface area (Å²) in [6.45, 7) is 0.609. The third kappa shape index (κ3) is 2.70. The van der Waals surface area contributed by atoms with Crippen LogP contribution in [0.25, 0.3) is 0 Å². The van der Waals surface area contributed by atoms with Gasteiger partial charge in [0.25, 0.3) is 5.91 Å². The molecule has 0 aromatic rings. The molecule has 1 rings (SSSR count). The molecule has 0 spiro atoms. The first kappa shape index (κ1) is 11.0. The lowest BCUT2D eigenvalue weighted by atomic mass is 10.2. The van der Waals surface area contributed by atoms with Crippen LogP contribution in [0.4, 0.5) is 0 Å². The van der Waals surface area contributed by atoms with Crippen LogP contribution in [0.1, 0.15) is 12.8 Å². The van der Waals surface area contributed by atoms with E-state index in [0.29, 0.717) is 6.61 Å². The molecule has 1 unspecified atom stereocenters. The van der Waals surface area contributed by atoms with Crippen LogP contribution >= 0.6 is 0 Å². The standard InChI is InChI=1S/C9H15NO4/c1-10(6-8(11)13-2)9(12)7-4-3-5-14-7/h7H,3-6H2,1-2H3. The monoisotopic (exact) mass is 201 g/mol. The zero-order valence-electron chi connectivity index (χ0n) is 8.49. The second-order valence-electron chi connectivity index (χ2n) is 3.27. The summed E-state index contributed by atoms with van der Waals surface area (Å²) in [5, 5.41) is 0. The van der Waals surface area contributed by atoms with E-state index in [1.165, 1.54) is 12.0 Å². The molecule has 0 aromatic heterocycles. The fourth-order valence-electron chi connectivity index (χ4n) is 1.35. The number of ether oxygens (including phenoxy) is 2. The minimum absolute atomic E-state index is 0.0187. The molecule has 14 heavy (non-hydrogen) atoms. The molecule has 1 saturated heterocycles. The lowest BCUT2D eigenvalue weighted by molar-refractivity contribution is -0.149. The Bertz CT molecular complexity index is 223. The van der Waals surface area contributed by atoms with Crippen molar-refractivity contribution in [1.82, 2.24) is 4.90 Å². The Kier molecular flexibility index (Phi) is 3.88. The van der Waals surface area contributed by atoms with E-state index in [9.17, 15) is 9.59 Å². The van der Waals surface area contributed by atoms with E-state index in [1.54, 1.807) is 7.05 Å². The van der Waals surface area contributed by atoms with Gasteiger partial charge in [0.05, 0.1) is 7.11 Å². The highest BCUT2D eigenvalue weighted by atomic mass is 16.5. The van der Waals surface area contributed by atoms with Gasteiger partial charge in [-0.3, -0.25) is 9.59 Å². The highest BCUT2D eigenvalue weighted by Gasteiger charge is 2.27. The van der Waals surface area contributed by atoms with Crippen LogP contribution in [0, 0.1) is 0 Å². The van der Waals surface area contributed by atoms with Crippen LogP contribution in [0.5, 0.6) is 0 Å². The molecule has 1 aliphatic rings. The third-order valence-corrected chi connectivity index (χ3v) is 2.18. The molecule has 0 radical (unpaired) electrons. The molecular weight excluding hydrogens is 186 g/mol. The largest absolute Gasteiger partial charge is 0.468 e. The maximum atomic E-state index is 11.6. The quantitative estimate of drug-likeness (QED) is 0.593. The Hall–Kier alpha value is -1.10. The number of amides is 1. The Morgan fingerprint density at radius 2 is 2.29 bits per heavy atom. The van der Waals surface area contributed by atoms with Crippen molar-refractivity contribution in [3.05, 3.63) is 0 Å². The highest BCUT2D eigenvalue weighted by Crippen LogP contribution is 2.13. The first-order chi connectivity index (χ1) is 6.65. The Morgan fingerprint density at radius 1 is 1.57 bits per heavy atom. The minimum Gasteiger partial charge on any atom is -0.468 e. The second-order valence-corrected chi connectivity index (χ2v) is 3.27. The van der Waals surface area contributed by atoms with Crippen molar-refractivity contribution < 1.29 is 19.1 Å². The van der Waals surface area contributed by atoms with Gasteiger partial charge in [-0.15, -0.1) is 0 Å². The van der Waals surface area contributed by atoms with Crippen molar-refractivity contribution in [2.75, 3.05) is 27.3 Å². The number of nitrogens with zero attached hydrogens (tertiary/aromatic N) is 1. The SMILES string of the molecule is COC(=O)CN(C)C(=O)C1CCCO1. The van der Waals surface area contributed by atoms with E-state index >= 15 is 0 Å². The number of hydrogen-bond donors (Lipinski definition) is 0. The van der Waals surface area contributed by atoms with Gasteiger partial charge in [-0.25, -0.2) is 0 Å². The van der Waals surface area contributed by atoms with E-state index in [2.05, 4.69) is 4.74 Å². The van der Waals surface area contributed by atoms with Crippen LogP contribution in [-0.4, -0.2) is 50.2 Å². The van der Waals surface area contributed by atoms with Gasteiger partial charge in [0.2, 0.25) is 0 Å². The number of methoxy groups -OCH3 is 1. The summed E-state index contributed by atoms with van der Waals surface area (Å²) in [5.74, 6) is -0.563. The summed E-state index contributed by atoms with van der Waals surface area (Å²) in [5.41, 5.74) is 0. The molecule has 0 aromatic carbocycles. The maximum absolute atomic E-state index is 11.6. The molecule has 1 amide bonds. The van der Waals surface area contributed by atoms with Crippen molar-refractivity contribution in [2.24, 2.45) is 0 Å². The third-order valence-electron chi connectivity index (χ3n) is 2.18. The van der Waals surface area contributed by atoms with Crippen molar-refractivity contribution in [1.29, 1.82) is 0 Å². The van der Waals surface area contributed by atoms with Crippen LogP contribution in [0.15, 0.2) is 0 Å². The summed E-state index contributed by atoms with van der Waals surface area (Å²) in [4.78, 5) is 23.8. The van der Waals surface area contributed by atoms with Crippen molar-refractivity contribution in [2.45, 2.75) is 18.9 Å². The van der Waals surface area contributed by atoms with Gasteiger partial charge < -0.3 is 14.4 Å². The molecule has 0 bridgehead atoms. The molecule has 1 heterocycles. The number of carbonyl (C=O) groups excluding carboxylic acids is 2. The van der Waals surface area contributed by atoms with Crippen LogP contribution in [0.2, 0.25) is 0 Å². The van der Waals surface area contributed by atoms with E-state index in [1.807, 2.05) is 0 Å². The molecule has 1 fully saturated rings. The normalized spacial score (nSPS) is 20.6. The fourth-order valence-corrected chi connectivity index (χ4v) is 1.35. The first-order valence-corrected chi connectivity index (χ1v) is 4.58. The zero-order chi connectivity index (χ0) is 10.6. The van der Waals surface area contributed by atoms with Crippen molar-refractivity contribution in [3.63, 3.8) is 0 Å². The average molecular weight is 201 g/mol. The van der Waals surface area contributed by atoms with Gasteiger partial charge in [0, 0.05) is 13.7 Å². The second kappa shape index (κ2) is 4.95. The van der Waals surface area contributed by atoms with Crippen LogP contribution < -0.4 is 0 Å². The van der Waals surface area contributed by atoms with E-state index in [-0.39, 0.29) is 18.6 Å². The average Bonchev–Trinajstić information content (AvgIpc) is 2.69. The number of carbonyl (C=O) groups is 2. The van der Waals surface area contributed by atoms with Gasteiger partial charge >= 0.3 is 5.97 Å². The molecule has 0 aliphatic carbocycles. The number of hydrogen-bond acceptors (Lipinski definition) is 4. The van der Waals surface area contributed by atoms with Gasteiger partial charge in [0.1, 0.15) is 12.6 Å². The minimum atomic E-state index is -0.418. The molecular formula is C9H15NO4. The van der Waals surface area contributed by atoms with E-state index < -0.39 is 5.97 Å². The zero-order valence-corrected chi connectivity index (χ0v) is 8.49. The smallest absolute Gasteiger partial charge is 0.325 e. The highest BCUT2D eigenvalue weighted by molar-refractivity contribution is 5.85. The first-order valence-electron chi connectivity index (χ1n) is 4.58. The Labute approximate surface area is 83.0 Å². The lowest BCUT2D eigenvalue weighted by Gasteiger charge is -2.18. The molecule has 1 aliphatic heterocycles. The summed E-state index contributed by atoms with van der Waals surface area (Å²) >= 11 is 0. The summed E-state index contributed by atoms with van der Waals surface area (Å²) in [6.07, 6.45) is 1.27. The lowest BCUT2D eigenvalue weighted by Crippen LogP contribution is -2.39. The number of likely N-dealkylation sites (N-methyl/N-ethyl adjacent to an activating group) is 1. The maximum Gasteiger partial charge on any atom is 0.325 e. The molecule has 1 atom stereocenters. The number of esters is 1. The Morgan fingerprint density at radius 3 is 2.79 bits per heavy atom. The van der Waals surface area contributed by atoms with Gasteiger partial charge in [-0.1, -0.05) is 0 Å². The topological polar surface area (TPSA) is 55.8 Å². The van der Waals surface area contributed by atoms with Gasteiger partial charge in [-0.05, 0) is 12.8 Å². The molecule has 0 N–H and O–H groups in total. The van der Waals surface area contributed by atoms with Crippen molar-refractivity contribution in [3.8, 4) is 0 Å². The summed E-state index contributed by atoms with van der Waals surface area (Å²) in [6, 6.07) is 0. The van der Waals surface area contributed by atoms with Crippen LogP contribution in [-0.2, 0) is 19.1 Å². The molecule has 80 valence electrons. The molecule has 5 heteroatoms. The summed E-state index contributed by atoms with van der Waals surface area (Å²) < 4.78 is 9.67. The fraction of sp³-hybridized carbons (Fsp3) is 0.778. The number of rotatable bonds is 3. The summed E-state index contributed by atoms with van der Waals surface area (Å²) in [7, 11) is 2.87. The van der Waals surface area contributed by atoms with Crippen LogP contribution in [0.3, 0.4) is 0 Å². The van der Waals surface area contributed by atoms with E-state index in [4.69, 9.17) is 4.74 Å². The van der Waals surface area contributed by atoms with E-state index in [0.717, 1.165) is 12.8 Å². The molecule has 0 saturated carbocycles. The Balaban J connectivity index is 2.39. The predicted molar refractivity (Wildman–Crippen MR) is 48.6 cm³/mol. The predicted octanol–water partition coefficient (Wildman–Crippen LogP) is -0.203. The molecule has 5 nitrogen and oxygen atoms in total. The van der Waals surface area contributed by atoms with Gasteiger partial charge in [-0.2, -0.15) is 0 Å².